The Morgan fingerprint density at radius 2 is 1.79 bits per heavy atom. The van der Waals surface area contributed by atoms with Crippen molar-refractivity contribution in [3.63, 3.8) is 0 Å². The first-order chi connectivity index (χ1) is 20.8. The largest absolute Gasteiger partial charge is 0.379 e. The van der Waals surface area contributed by atoms with Gasteiger partial charge in [-0.15, -0.1) is 0 Å². The Bertz CT molecular complexity index is 1780. The van der Waals surface area contributed by atoms with E-state index < -0.39 is 41.5 Å². The van der Waals surface area contributed by atoms with E-state index in [1.807, 2.05) is 0 Å². The molecule has 6 rings (SSSR count). The maximum Gasteiger partial charge on any atom is 0.280 e. The molecule has 2 aliphatic rings. The molecule has 3 amide bonds. The second-order valence-electron chi connectivity index (χ2n) is 10.0. The van der Waals surface area contributed by atoms with Crippen LogP contribution in [0.2, 0.25) is 0 Å². The van der Waals surface area contributed by atoms with Gasteiger partial charge in [0.05, 0.1) is 37.2 Å². The van der Waals surface area contributed by atoms with Gasteiger partial charge in [-0.2, -0.15) is 9.61 Å². The highest BCUT2D eigenvalue weighted by Crippen LogP contribution is 2.23. The molecule has 1 aromatic carbocycles. The van der Waals surface area contributed by atoms with Crippen LogP contribution >= 0.6 is 0 Å². The van der Waals surface area contributed by atoms with Crippen LogP contribution in [0.5, 0.6) is 0 Å². The van der Waals surface area contributed by atoms with Gasteiger partial charge in [-0.1, -0.05) is 12.1 Å². The van der Waals surface area contributed by atoms with E-state index >= 15 is 0 Å². The molecule has 2 aliphatic heterocycles. The number of anilines is 2. The van der Waals surface area contributed by atoms with Crippen LogP contribution in [0.3, 0.4) is 0 Å². The number of carbonyl (C=O) groups excluding carboxylic acids is 3. The zero-order chi connectivity index (χ0) is 30.1. The number of halogens is 2. The van der Waals surface area contributed by atoms with Crippen LogP contribution in [0.4, 0.5) is 20.3 Å². The second kappa shape index (κ2) is 11.7. The third-order valence-corrected chi connectivity index (χ3v) is 7.25. The Labute approximate surface area is 242 Å². The molecule has 0 radical (unpaired) electrons. The Balaban J connectivity index is 1.34. The van der Waals surface area contributed by atoms with Crippen molar-refractivity contribution in [1.82, 2.24) is 29.0 Å². The van der Waals surface area contributed by atoms with Crippen LogP contribution in [-0.2, 0) is 22.6 Å². The molecule has 0 spiro atoms. The summed E-state index contributed by atoms with van der Waals surface area (Å²) in [5.74, 6) is -3.03. The van der Waals surface area contributed by atoms with E-state index in [4.69, 9.17) is 4.74 Å². The minimum absolute atomic E-state index is 0.00246. The number of rotatable bonds is 8. The highest BCUT2D eigenvalue weighted by molar-refractivity contribution is 6.04. The zero-order valence-electron chi connectivity index (χ0n) is 22.8. The maximum absolute atomic E-state index is 14.1. The number of benzene rings is 1. The number of fused-ring (bicyclic) bond motifs is 2. The summed E-state index contributed by atoms with van der Waals surface area (Å²) in [6.07, 6.45) is 0.943. The van der Waals surface area contributed by atoms with Gasteiger partial charge in [0, 0.05) is 32.2 Å². The van der Waals surface area contributed by atoms with Gasteiger partial charge >= 0.3 is 0 Å². The van der Waals surface area contributed by atoms with Gasteiger partial charge in [-0.3, -0.25) is 24.1 Å². The number of para-hydroxylation sites is 1. The number of nitrogens with zero attached hydrogens (tertiary/aromatic N) is 6. The number of amides is 3. The number of morpholine rings is 1. The number of pyridine rings is 1. The number of nitrogens with one attached hydrogen (secondary N) is 2. The van der Waals surface area contributed by atoms with Crippen molar-refractivity contribution < 1.29 is 27.9 Å². The summed E-state index contributed by atoms with van der Waals surface area (Å²) in [4.78, 5) is 60.8. The Hall–Kier alpha value is -5.02. The lowest BCUT2D eigenvalue weighted by Crippen LogP contribution is -2.41. The molecule has 5 heterocycles. The Kier molecular flexibility index (Phi) is 7.65. The molecule has 2 N–H and O–H groups in total. The molecule has 13 nitrogen and oxygen atoms in total. The van der Waals surface area contributed by atoms with Crippen molar-refractivity contribution in [1.29, 1.82) is 0 Å². The first-order valence-corrected chi connectivity index (χ1v) is 13.5. The molecule has 3 aromatic heterocycles. The van der Waals surface area contributed by atoms with E-state index in [1.54, 1.807) is 6.07 Å². The van der Waals surface area contributed by atoms with Crippen LogP contribution in [0, 0.1) is 11.6 Å². The Morgan fingerprint density at radius 3 is 2.53 bits per heavy atom. The molecule has 0 bridgehead atoms. The van der Waals surface area contributed by atoms with Crippen molar-refractivity contribution in [3.8, 4) is 0 Å². The molecule has 4 aromatic rings. The molecule has 0 saturated carbocycles. The molecular weight excluding hydrogens is 566 g/mol. The number of hydrogen-bond acceptors (Lipinski definition) is 8. The number of aromatic nitrogens is 4. The summed E-state index contributed by atoms with van der Waals surface area (Å²) >= 11 is 0. The van der Waals surface area contributed by atoms with Crippen molar-refractivity contribution in [2.24, 2.45) is 0 Å². The van der Waals surface area contributed by atoms with Gasteiger partial charge < -0.3 is 24.8 Å². The fraction of sp³-hybridized carbons (Fsp3) is 0.286. The summed E-state index contributed by atoms with van der Waals surface area (Å²) < 4.78 is 35.1. The SMILES string of the molecule is O=C(Cn1c2c(c(=O)n3nc(C(=O)Nc4ccccc4F)cc13)CN(CCN1CCOCC1)C2=O)Nc1ccc(F)cn1. The van der Waals surface area contributed by atoms with E-state index in [0.717, 1.165) is 29.9 Å². The molecule has 15 heteroatoms. The number of hydrogen-bond donors (Lipinski definition) is 2. The van der Waals surface area contributed by atoms with Crippen LogP contribution < -0.4 is 16.2 Å². The lowest BCUT2D eigenvalue weighted by molar-refractivity contribution is -0.116. The lowest BCUT2D eigenvalue weighted by Gasteiger charge is -2.28. The monoisotopic (exact) mass is 592 g/mol. The summed E-state index contributed by atoms with van der Waals surface area (Å²) in [5.41, 5.74) is -0.796. The highest BCUT2D eigenvalue weighted by atomic mass is 19.1. The third-order valence-electron chi connectivity index (χ3n) is 7.25. The first-order valence-electron chi connectivity index (χ1n) is 13.5. The van der Waals surface area contributed by atoms with Crippen molar-refractivity contribution in [3.05, 3.63) is 87.6 Å². The van der Waals surface area contributed by atoms with Crippen molar-refractivity contribution >= 4 is 34.9 Å². The predicted molar refractivity (Wildman–Crippen MR) is 149 cm³/mol. The number of ether oxygens (including phenoxy) is 1. The van der Waals surface area contributed by atoms with Gasteiger partial charge in [-0.25, -0.2) is 13.8 Å². The Morgan fingerprint density at radius 1 is 1.00 bits per heavy atom. The summed E-state index contributed by atoms with van der Waals surface area (Å²) in [5, 5.41) is 9.12. The standard InChI is InChI=1S/C28H26F2N8O5/c29-17-5-6-22(31-14-17)33-23(39)16-37-24-13-21(26(40)32-20-4-2-1-3-19(20)30)34-38(24)27(41)18-15-36(28(42)25(18)37)8-7-35-9-11-43-12-10-35/h1-6,13-14H,7-12,15-16H2,(H,32,40)(H,31,33,39). The first kappa shape index (κ1) is 28.1. The summed E-state index contributed by atoms with van der Waals surface area (Å²) in [6.45, 7) is 3.11. The van der Waals surface area contributed by atoms with Crippen LogP contribution in [0.1, 0.15) is 26.5 Å². The van der Waals surface area contributed by atoms with E-state index in [0.29, 0.717) is 26.3 Å². The third kappa shape index (κ3) is 5.72. The van der Waals surface area contributed by atoms with E-state index in [1.165, 1.54) is 39.8 Å². The average molecular weight is 593 g/mol. The average Bonchev–Trinajstić information content (AvgIpc) is 3.60. The minimum Gasteiger partial charge on any atom is -0.379 e. The van der Waals surface area contributed by atoms with Gasteiger partial charge in [-0.05, 0) is 24.3 Å². The predicted octanol–water partition coefficient (Wildman–Crippen LogP) is 1.35. The quantitative estimate of drug-likeness (QED) is 0.312. The molecule has 1 fully saturated rings. The van der Waals surface area contributed by atoms with Gasteiger partial charge in [0.1, 0.15) is 35.3 Å². The lowest BCUT2D eigenvalue weighted by atomic mass is 10.2. The second-order valence-corrected chi connectivity index (χ2v) is 10.0. The molecule has 0 aliphatic carbocycles. The van der Waals surface area contributed by atoms with E-state index in [9.17, 15) is 28.0 Å². The van der Waals surface area contributed by atoms with Crippen LogP contribution in [-0.4, -0.2) is 86.1 Å². The fourth-order valence-corrected chi connectivity index (χ4v) is 5.08. The zero-order valence-corrected chi connectivity index (χ0v) is 22.8. The van der Waals surface area contributed by atoms with Gasteiger partial charge in [0.2, 0.25) is 5.91 Å². The minimum atomic E-state index is -0.793. The van der Waals surface area contributed by atoms with Crippen molar-refractivity contribution in [2.45, 2.75) is 13.1 Å². The molecule has 222 valence electrons. The van der Waals surface area contributed by atoms with Gasteiger partial charge in [0.15, 0.2) is 5.69 Å². The molecule has 0 unspecified atom stereocenters. The molecular formula is C28H26F2N8O5. The van der Waals surface area contributed by atoms with Crippen molar-refractivity contribution in [2.75, 3.05) is 50.0 Å². The molecule has 43 heavy (non-hydrogen) atoms. The van der Waals surface area contributed by atoms with E-state index in [2.05, 4.69) is 25.6 Å². The highest BCUT2D eigenvalue weighted by Gasteiger charge is 2.35. The fourth-order valence-electron chi connectivity index (χ4n) is 5.08. The summed E-state index contributed by atoms with van der Waals surface area (Å²) in [6, 6.07) is 9.23. The number of carbonyl (C=O) groups is 3. The molecule has 0 atom stereocenters. The smallest absolute Gasteiger partial charge is 0.280 e. The molecule has 1 saturated heterocycles. The normalized spacial score (nSPS) is 15.1. The van der Waals surface area contributed by atoms with Crippen LogP contribution in [0.15, 0.2) is 53.5 Å². The van der Waals surface area contributed by atoms with Gasteiger partial charge in [0.25, 0.3) is 17.4 Å². The summed E-state index contributed by atoms with van der Waals surface area (Å²) in [7, 11) is 0. The van der Waals surface area contributed by atoms with Crippen LogP contribution in [0.25, 0.3) is 5.65 Å². The maximum atomic E-state index is 14.1. The van der Waals surface area contributed by atoms with E-state index in [-0.39, 0.29) is 40.6 Å². The topological polar surface area (TPSA) is 143 Å².